The highest BCUT2D eigenvalue weighted by Gasteiger charge is 2.18. The molecule has 22 heavy (non-hydrogen) atoms. The Morgan fingerprint density at radius 3 is 2.36 bits per heavy atom. The van der Waals surface area contributed by atoms with Crippen LogP contribution in [-0.2, 0) is 0 Å². The Hall–Kier alpha value is -1.29. The third-order valence-electron chi connectivity index (χ3n) is 4.14. The summed E-state index contributed by atoms with van der Waals surface area (Å²) in [6.07, 6.45) is 1.76. The van der Waals surface area contributed by atoms with Crippen LogP contribution in [0.15, 0.2) is 6.07 Å². The van der Waals surface area contributed by atoms with Crippen molar-refractivity contribution < 1.29 is 9.90 Å². The summed E-state index contributed by atoms with van der Waals surface area (Å²) in [4.78, 5) is 12.5. The van der Waals surface area contributed by atoms with Crippen LogP contribution in [0.5, 0.6) is 0 Å². The Kier molecular flexibility index (Phi) is 7.14. The van der Waals surface area contributed by atoms with E-state index in [0.717, 1.165) is 29.8 Å². The molecule has 1 heterocycles. The first-order chi connectivity index (χ1) is 10.3. The minimum Gasteiger partial charge on any atom is -0.396 e. The molecule has 4 nitrogen and oxygen atoms in total. The number of amides is 1. The third-order valence-corrected chi connectivity index (χ3v) is 4.14. The first-order valence-electron chi connectivity index (χ1n) is 8.35. The summed E-state index contributed by atoms with van der Waals surface area (Å²) in [7, 11) is 0. The maximum Gasteiger partial charge on any atom is 0.253 e. The molecule has 1 aromatic rings. The molecule has 0 aliphatic heterocycles. The van der Waals surface area contributed by atoms with E-state index in [0.29, 0.717) is 24.4 Å². The van der Waals surface area contributed by atoms with Gasteiger partial charge in [-0.1, -0.05) is 13.8 Å². The highest BCUT2D eigenvalue weighted by molar-refractivity contribution is 5.95. The Morgan fingerprint density at radius 1 is 1.27 bits per heavy atom. The number of hydrogen-bond acceptors (Lipinski definition) is 2. The van der Waals surface area contributed by atoms with Crippen LogP contribution in [0.25, 0.3) is 0 Å². The number of nitrogens with one attached hydrogen (secondary N) is 1. The summed E-state index contributed by atoms with van der Waals surface area (Å²) in [6.45, 7) is 13.4. The normalized spacial score (nSPS) is 13.0. The van der Waals surface area contributed by atoms with Crippen molar-refractivity contribution in [3.8, 4) is 0 Å². The lowest BCUT2D eigenvalue weighted by atomic mass is 9.94. The first-order valence-corrected chi connectivity index (χ1v) is 8.35. The van der Waals surface area contributed by atoms with E-state index in [2.05, 4.69) is 37.6 Å². The quantitative estimate of drug-likeness (QED) is 0.772. The van der Waals surface area contributed by atoms with E-state index in [1.165, 1.54) is 0 Å². The molecule has 1 aromatic heterocycles. The number of aliphatic hydroxyl groups excluding tert-OH is 1. The van der Waals surface area contributed by atoms with E-state index in [-0.39, 0.29) is 12.5 Å². The molecule has 126 valence electrons. The van der Waals surface area contributed by atoms with Crippen molar-refractivity contribution in [3.05, 3.63) is 23.0 Å². The first kappa shape index (κ1) is 18.8. The topological polar surface area (TPSA) is 54.3 Å². The van der Waals surface area contributed by atoms with Crippen molar-refractivity contribution in [2.45, 2.75) is 60.4 Å². The van der Waals surface area contributed by atoms with Crippen molar-refractivity contribution >= 4 is 5.91 Å². The average Bonchev–Trinajstić information content (AvgIpc) is 2.70. The number of aryl methyl sites for hydroxylation is 1. The second kappa shape index (κ2) is 8.37. The maximum absolute atomic E-state index is 12.5. The van der Waals surface area contributed by atoms with Gasteiger partial charge < -0.3 is 15.0 Å². The molecule has 0 radical (unpaired) electrons. The number of nitrogens with zero attached hydrogens (tertiary/aromatic N) is 1. The van der Waals surface area contributed by atoms with Gasteiger partial charge in [0.25, 0.3) is 5.91 Å². The highest BCUT2D eigenvalue weighted by Crippen LogP contribution is 2.20. The van der Waals surface area contributed by atoms with Crippen molar-refractivity contribution in [1.29, 1.82) is 0 Å². The molecule has 1 atom stereocenters. The Labute approximate surface area is 134 Å². The van der Waals surface area contributed by atoms with Gasteiger partial charge in [0, 0.05) is 30.6 Å². The summed E-state index contributed by atoms with van der Waals surface area (Å²) in [5.74, 6) is 0.897. The summed E-state index contributed by atoms with van der Waals surface area (Å²) in [5, 5.41) is 12.2. The predicted molar refractivity (Wildman–Crippen MR) is 91.3 cm³/mol. The number of rotatable bonds is 8. The van der Waals surface area contributed by atoms with E-state index < -0.39 is 0 Å². The molecule has 0 aliphatic rings. The fourth-order valence-electron chi connectivity index (χ4n) is 3.29. The van der Waals surface area contributed by atoms with Gasteiger partial charge >= 0.3 is 0 Å². The molecular weight excluding hydrogens is 276 g/mol. The van der Waals surface area contributed by atoms with Crippen molar-refractivity contribution in [2.24, 2.45) is 11.8 Å². The second-order valence-electron chi connectivity index (χ2n) is 6.97. The Balaban J connectivity index is 2.74. The van der Waals surface area contributed by atoms with Crippen LogP contribution in [0.4, 0.5) is 0 Å². The van der Waals surface area contributed by atoms with Crippen LogP contribution < -0.4 is 5.32 Å². The van der Waals surface area contributed by atoms with E-state index in [1.807, 2.05) is 19.9 Å². The Bertz CT molecular complexity index is 490. The number of carbonyl (C=O) groups excluding carboxylic acids is 1. The van der Waals surface area contributed by atoms with Crippen LogP contribution in [0, 0.1) is 25.7 Å². The van der Waals surface area contributed by atoms with Gasteiger partial charge in [-0.05, 0) is 58.4 Å². The monoisotopic (exact) mass is 308 g/mol. The molecule has 1 amide bonds. The Morgan fingerprint density at radius 2 is 1.91 bits per heavy atom. The molecule has 1 unspecified atom stereocenters. The maximum atomic E-state index is 12.5. The van der Waals surface area contributed by atoms with Crippen molar-refractivity contribution in [2.75, 3.05) is 13.2 Å². The summed E-state index contributed by atoms with van der Waals surface area (Å²) < 4.78 is 2.19. The predicted octanol–water partition coefficient (Wildman–Crippen LogP) is 3.46. The van der Waals surface area contributed by atoms with Crippen LogP contribution in [0.2, 0.25) is 0 Å². The minimum absolute atomic E-state index is 0.00769. The lowest BCUT2D eigenvalue weighted by Crippen LogP contribution is -2.30. The van der Waals surface area contributed by atoms with Crippen LogP contribution in [0.1, 0.15) is 68.3 Å². The van der Waals surface area contributed by atoms with Gasteiger partial charge in [0.2, 0.25) is 0 Å². The van der Waals surface area contributed by atoms with Crippen molar-refractivity contribution in [3.63, 3.8) is 0 Å². The van der Waals surface area contributed by atoms with E-state index in [4.69, 9.17) is 5.11 Å². The van der Waals surface area contributed by atoms with Gasteiger partial charge in [0.15, 0.2) is 0 Å². The smallest absolute Gasteiger partial charge is 0.253 e. The molecule has 0 fully saturated rings. The van der Waals surface area contributed by atoms with Gasteiger partial charge in [0.1, 0.15) is 0 Å². The van der Waals surface area contributed by atoms with Gasteiger partial charge in [-0.25, -0.2) is 0 Å². The summed E-state index contributed by atoms with van der Waals surface area (Å²) >= 11 is 0. The molecule has 0 aliphatic carbocycles. The number of aromatic nitrogens is 1. The van der Waals surface area contributed by atoms with Crippen LogP contribution >= 0.6 is 0 Å². The van der Waals surface area contributed by atoms with Gasteiger partial charge in [-0.2, -0.15) is 0 Å². The minimum atomic E-state index is -0.00769. The summed E-state index contributed by atoms with van der Waals surface area (Å²) in [5.41, 5.74) is 2.90. The summed E-state index contributed by atoms with van der Waals surface area (Å²) in [6, 6.07) is 2.32. The average molecular weight is 308 g/mol. The molecule has 1 rings (SSSR count). The van der Waals surface area contributed by atoms with Gasteiger partial charge in [-0.3, -0.25) is 4.79 Å². The molecule has 2 N–H and O–H groups in total. The fourth-order valence-corrected chi connectivity index (χ4v) is 3.29. The SMILES string of the molecule is Cc1cc(C(=O)NCC(CCO)CC(C)C)c(C)n1C(C)C. The molecule has 4 heteroatoms. The third kappa shape index (κ3) is 4.87. The molecule has 0 saturated carbocycles. The largest absolute Gasteiger partial charge is 0.396 e. The number of carbonyl (C=O) groups is 1. The standard InChI is InChI=1S/C18H32N2O2/c1-12(2)9-16(7-8-21)11-19-18(22)17-10-14(5)20(13(3)4)15(17)6/h10,12-13,16,21H,7-9,11H2,1-6H3,(H,19,22). The van der Waals surface area contributed by atoms with Gasteiger partial charge in [0.05, 0.1) is 5.56 Å². The van der Waals surface area contributed by atoms with E-state index in [1.54, 1.807) is 0 Å². The lowest BCUT2D eigenvalue weighted by molar-refractivity contribution is 0.0940. The molecule has 0 spiro atoms. The number of hydrogen-bond donors (Lipinski definition) is 2. The number of aliphatic hydroxyl groups is 1. The molecule has 0 aromatic carbocycles. The highest BCUT2D eigenvalue weighted by atomic mass is 16.3. The lowest BCUT2D eigenvalue weighted by Gasteiger charge is -2.19. The fraction of sp³-hybridized carbons (Fsp3) is 0.722. The van der Waals surface area contributed by atoms with Crippen LogP contribution in [-0.4, -0.2) is 28.7 Å². The second-order valence-corrected chi connectivity index (χ2v) is 6.97. The molecular formula is C18H32N2O2. The van der Waals surface area contributed by atoms with Gasteiger partial charge in [-0.15, -0.1) is 0 Å². The molecule has 0 bridgehead atoms. The zero-order valence-electron chi connectivity index (χ0n) is 14.9. The van der Waals surface area contributed by atoms with E-state index in [9.17, 15) is 4.79 Å². The van der Waals surface area contributed by atoms with E-state index >= 15 is 0 Å². The zero-order valence-corrected chi connectivity index (χ0v) is 14.9. The van der Waals surface area contributed by atoms with Crippen LogP contribution in [0.3, 0.4) is 0 Å². The zero-order chi connectivity index (χ0) is 16.9. The molecule has 0 saturated heterocycles. The van der Waals surface area contributed by atoms with Crippen molar-refractivity contribution in [1.82, 2.24) is 9.88 Å².